The number of carbonyl (C=O) groups is 2. The third-order valence-electron chi connectivity index (χ3n) is 2.18. The molecule has 0 atom stereocenters. The Hall–Kier alpha value is -1.14. The molecule has 0 aromatic rings. The van der Waals surface area contributed by atoms with Gasteiger partial charge in [0.2, 0.25) is 0 Å². The third kappa shape index (κ3) is 6.91. The second kappa shape index (κ2) is 8.03. The molecule has 0 saturated heterocycles. The number of nitrogens with two attached hydrogens (primary N) is 2. The lowest BCUT2D eigenvalue weighted by Crippen LogP contribution is -2.57. The van der Waals surface area contributed by atoms with E-state index < -0.39 is 11.6 Å². The maximum Gasteiger partial charge on any atom is 0.340 e. The maximum absolute atomic E-state index is 11.3. The van der Waals surface area contributed by atoms with Gasteiger partial charge in [0.15, 0.2) is 5.66 Å². The van der Waals surface area contributed by atoms with Crippen LogP contribution in [0.15, 0.2) is 0 Å². The molecule has 0 heterocycles. The molecule has 6 nitrogen and oxygen atoms in total. The lowest BCUT2D eigenvalue weighted by molar-refractivity contribution is -0.149. The van der Waals surface area contributed by atoms with Crippen molar-refractivity contribution >= 4 is 11.9 Å². The van der Waals surface area contributed by atoms with E-state index in [1.165, 1.54) is 0 Å². The first kappa shape index (κ1) is 15.9. The van der Waals surface area contributed by atoms with Crippen LogP contribution < -0.4 is 11.5 Å². The average molecular weight is 246 g/mol. The van der Waals surface area contributed by atoms with Crippen molar-refractivity contribution in [2.75, 3.05) is 13.2 Å². The fourth-order valence-electron chi connectivity index (χ4n) is 1.29. The van der Waals surface area contributed by atoms with E-state index in [2.05, 4.69) is 0 Å². The molecule has 0 saturated carbocycles. The van der Waals surface area contributed by atoms with E-state index in [-0.39, 0.29) is 19.0 Å². The van der Waals surface area contributed by atoms with E-state index in [1.807, 2.05) is 0 Å². The van der Waals surface area contributed by atoms with Crippen molar-refractivity contribution in [3.8, 4) is 0 Å². The van der Waals surface area contributed by atoms with E-state index >= 15 is 0 Å². The van der Waals surface area contributed by atoms with Gasteiger partial charge in [0, 0.05) is 6.42 Å². The fourth-order valence-corrected chi connectivity index (χ4v) is 1.29. The Kier molecular flexibility index (Phi) is 7.49. The molecular weight excluding hydrogens is 224 g/mol. The highest BCUT2D eigenvalue weighted by molar-refractivity contribution is 5.79. The zero-order chi connectivity index (χ0) is 13.3. The first-order valence-corrected chi connectivity index (χ1v) is 5.84. The Morgan fingerprint density at radius 2 is 1.65 bits per heavy atom. The van der Waals surface area contributed by atoms with Gasteiger partial charge in [-0.2, -0.15) is 0 Å². The molecule has 0 aliphatic rings. The minimum Gasteiger partial charge on any atom is -0.466 e. The Morgan fingerprint density at radius 1 is 1.06 bits per heavy atom. The molecule has 6 heteroatoms. The molecule has 0 aliphatic carbocycles. The summed E-state index contributed by atoms with van der Waals surface area (Å²) in [4.78, 5) is 22.4. The lowest BCUT2D eigenvalue weighted by atomic mass is 10.0. The normalized spacial score (nSPS) is 11.1. The second-order valence-corrected chi connectivity index (χ2v) is 3.77. The summed E-state index contributed by atoms with van der Waals surface area (Å²) in [5.41, 5.74) is 9.75. The molecular formula is C11H22N2O4. The Morgan fingerprint density at radius 3 is 2.18 bits per heavy atom. The molecule has 100 valence electrons. The minimum atomic E-state index is -1.47. The third-order valence-corrected chi connectivity index (χ3v) is 2.18. The van der Waals surface area contributed by atoms with Crippen LogP contribution in [0.2, 0.25) is 0 Å². The number of carbonyl (C=O) groups excluding carboxylic acids is 2. The first-order chi connectivity index (χ1) is 7.94. The van der Waals surface area contributed by atoms with Gasteiger partial charge in [-0.1, -0.05) is 0 Å². The zero-order valence-corrected chi connectivity index (χ0v) is 10.5. The number of hydrogen-bond donors (Lipinski definition) is 2. The summed E-state index contributed by atoms with van der Waals surface area (Å²) in [6, 6.07) is 0. The SMILES string of the molecule is CCOC(=O)CCCCC(N)(N)C(=O)OCC. The quantitative estimate of drug-likeness (QED) is 0.362. The predicted molar refractivity (Wildman–Crippen MR) is 62.8 cm³/mol. The largest absolute Gasteiger partial charge is 0.466 e. The van der Waals surface area contributed by atoms with Crippen LogP contribution >= 0.6 is 0 Å². The van der Waals surface area contributed by atoms with Gasteiger partial charge >= 0.3 is 11.9 Å². The topological polar surface area (TPSA) is 105 Å². The molecule has 17 heavy (non-hydrogen) atoms. The molecule has 0 bridgehead atoms. The van der Waals surface area contributed by atoms with Gasteiger partial charge in [-0.05, 0) is 33.1 Å². The number of unbranched alkanes of at least 4 members (excludes halogenated alkanes) is 1. The zero-order valence-electron chi connectivity index (χ0n) is 10.5. The van der Waals surface area contributed by atoms with Crippen molar-refractivity contribution in [3.05, 3.63) is 0 Å². The smallest absolute Gasteiger partial charge is 0.340 e. The number of hydrogen-bond acceptors (Lipinski definition) is 6. The molecule has 0 amide bonds. The van der Waals surface area contributed by atoms with Gasteiger partial charge in [0.25, 0.3) is 0 Å². The van der Waals surface area contributed by atoms with Crippen molar-refractivity contribution in [2.45, 2.75) is 45.2 Å². The van der Waals surface area contributed by atoms with Crippen molar-refractivity contribution in [2.24, 2.45) is 11.5 Å². The highest BCUT2D eigenvalue weighted by Crippen LogP contribution is 2.09. The van der Waals surface area contributed by atoms with Crippen molar-refractivity contribution in [1.29, 1.82) is 0 Å². The predicted octanol–water partition coefficient (Wildman–Crippen LogP) is 0.287. The molecule has 0 unspecified atom stereocenters. The van der Waals surface area contributed by atoms with Crippen LogP contribution in [0.5, 0.6) is 0 Å². The van der Waals surface area contributed by atoms with Gasteiger partial charge in [-0.3, -0.25) is 4.79 Å². The molecule has 0 aromatic carbocycles. The van der Waals surface area contributed by atoms with E-state index in [0.717, 1.165) is 0 Å². The van der Waals surface area contributed by atoms with Crippen LogP contribution in [0.25, 0.3) is 0 Å². The molecule has 4 N–H and O–H groups in total. The molecule has 0 radical (unpaired) electrons. The van der Waals surface area contributed by atoms with Gasteiger partial charge < -0.3 is 20.9 Å². The van der Waals surface area contributed by atoms with Crippen LogP contribution in [0.3, 0.4) is 0 Å². The van der Waals surface area contributed by atoms with E-state index in [0.29, 0.717) is 25.9 Å². The number of esters is 2. The van der Waals surface area contributed by atoms with Crippen molar-refractivity contribution < 1.29 is 19.1 Å². The van der Waals surface area contributed by atoms with Crippen LogP contribution in [0.4, 0.5) is 0 Å². The summed E-state index contributed by atoms with van der Waals surface area (Å²) in [7, 11) is 0. The lowest BCUT2D eigenvalue weighted by Gasteiger charge is -2.21. The molecule has 0 spiro atoms. The van der Waals surface area contributed by atoms with Crippen LogP contribution in [0, 0.1) is 0 Å². The molecule has 0 aliphatic heterocycles. The van der Waals surface area contributed by atoms with E-state index in [9.17, 15) is 9.59 Å². The minimum absolute atomic E-state index is 0.247. The first-order valence-electron chi connectivity index (χ1n) is 5.84. The van der Waals surface area contributed by atoms with Gasteiger partial charge in [0.05, 0.1) is 13.2 Å². The summed E-state index contributed by atoms with van der Waals surface area (Å²) in [5.74, 6) is -0.862. The Balaban J connectivity index is 3.79. The summed E-state index contributed by atoms with van der Waals surface area (Å²) in [6.07, 6.45) is 1.76. The number of rotatable bonds is 8. The monoisotopic (exact) mass is 246 g/mol. The van der Waals surface area contributed by atoms with E-state index in [4.69, 9.17) is 20.9 Å². The van der Waals surface area contributed by atoms with Crippen LogP contribution in [-0.4, -0.2) is 30.8 Å². The highest BCUT2D eigenvalue weighted by atomic mass is 16.5. The van der Waals surface area contributed by atoms with Gasteiger partial charge in [-0.15, -0.1) is 0 Å². The maximum atomic E-state index is 11.3. The molecule has 0 fully saturated rings. The average Bonchev–Trinajstić information content (AvgIpc) is 2.25. The Labute approximate surface area is 102 Å². The summed E-state index contributed by atoms with van der Waals surface area (Å²) >= 11 is 0. The molecule has 0 aromatic heterocycles. The standard InChI is InChI=1S/C11H22N2O4/c1-3-16-9(14)7-5-6-8-11(12,13)10(15)17-4-2/h3-8,12-13H2,1-2H3. The molecule has 0 rings (SSSR count). The second-order valence-electron chi connectivity index (χ2n) is 3.77. The van der Waals surface area contributed by atoms with Crippen LogP contribution in [-0.2, 0) is 19.1 Å². The summed E-state index contributed by atoms with van der Waals surface area (Å²) < 4.78 is 9.51. The van der Waals surface area contributed by atoms with E-state index in [1.54, 1.807) is 13.8 Å². The summed E-state index contributed by atoms with van der Waals surface area (Å²) in [6.45, 7) is 4.06. The van der Waals surface area contributed by atoms with Crippen molar-refractivity contribution in [3.63, 3.8) is 0 Å². The fraction of sp³-hybridized carbons (Fsp3) is 0.818. The highest BCUT2D eigenvalue weighted by Gasteiger charge is 2.29. The van der Waals surface area contributed by atoms with Crippen LogP contribution in [0.1, 0.15) is 39.5 Å². The van der Waals surface area contributed by atoms with Gasteiger partial charge in [-0.25, -0.2) is 4.79 Å². The van der Waals surface area contributed by atoms with Gasteiger partial charge in [0.1, 0.15) is 0 Å². The van der Waals surface area contributed by atoms with Crippen molar-refractivity contribution in [1.82, 2.24) is 0 Å². The Bertz CT molecular complexity index is 254. The summed E-state index contributed by atoms with van der Waals surface area (Å²) in [5, 5.41) is 0. The number of ether oxygens (including phenoxy) is 2.